The SMILES string of the molecule is CCc1ccccc1CNc1cnn(-c2ccccc2)c(=O)c1Cl. The number of hydrogen-bond donors (Lipinski definition) is 1. The van der Waals surface area contributed by atoms with Crippen molar-refractivity contribution < 1.29 is 0 Å². The zero-order valence-electron chi connectivity index (χ0n) is 13.4. The quantitative estimate of drug-likeness (QED) is 0.762. The van der Waals surface area contributed by atoms with Crippen LogP contribution in [0.2, 0.25) is 5.02 Å². The molecule has 0 saturated carbocycles. The summed E-state index contributed by atoms with van der Waals surface area (Å²) in [5.74, 6) is 0. The Kier molecular flexibility index (Phi) is 4.96. The highest BCUT2D eigenvalue weighted by molar-refractivity contribution is 6.32. The monoisotopic (exact) mass is 339 g/mol. The van der Waals surface area contributed by atoms with Crippen molar-refractivity contribution in [2.75, 3.05) is 5.32 Å². The van der Waals surface area contributed by atoms with Gasteiger partial charge in [-0.1, -0.05) is 61.0 Å². The van der Waals surface area contributed by atoms with E-state index in [4.69, 9.17) is 11.6 Å². The van der Waals surface area contributed by atoms with Gasteiger partial charge < -0.3 is 5.32 Å². The number of nitrogens with one attached hydrogen (secondary N) is 1. The molecule has 0 saturated heterocycles. The Bertz CT molecular complexity index is 891. The summed E-state index contributed by atoms with van der Waals surface area (Å²) in [4.78, 5) is 12.5. The van der Waals surface area contributed by atoms with Gasteiger partial charge in [0, 0.05) is 6.54 Å². The number of aromatic nitrogens is 2. The Labute approximate surface area is 145 Å². The van der Waals surface area contributed by atoms with E-state index in [1.54, 1.807) is 6.20 Å². The van der Waals surface area contributed by atoms with Gasteiger partial charge in [0.25, 0.3) is 5.56 Å². The van der Waals surface area contributed by atoms with Crippen LogP contribution in [0, 0.1) is 0 Å². The first kappa shape index (κ1) is 16.3. The molecule has 0 atom stereocenters. The molecule has 122 valence electrons. The average Bonchev–Trinajstić information content (AvgIpc) is 2.64. The Morgan fingerprint density at radius 3 is 2.42 bits per heavy atom. The van der Waals surface area contributed by atoms with Crippen LogP contribution in [-0.4, -0.2) is 9.78 Å². The van der Waals surface area contributed by atoms with Crippen molar-refractivity contribution in [1.82, 2.24) is 9.78 Å². The van der Waals surface area contributed by atoms with Gasteiger partial charge in [-0.05, 0) is 29.7 Å². The lowest BCUT2D eigenvalue weighted by molar-refractivity contribution is 0.807. The maximum atomic E-state index is 12.5. The van der Waals surface area contributed by atoms with Crippen molar-refractivity contribution in [3.8, 4) is 5.69 Å². The lowest BCUT2D eigenvalue weighted by atomic mass is 10.1. The van der Waals surface area contributed by atoms with Crippen LogP contribution < -0.4 is 10.9 Å². The molecule has 3 aromatic rings. The lowest BCUT2D eigenvalue weighted by Gasteiger charge is -2.12. The highest BCUT2D eigenvalue weighted by Crippen LogP contribution is 2.19. The molecule has 0 fully saturated rings. The number of nitrogens with zero attached hydrogens (tertiary/aromatic N) is 2. The fourth-order valence-corrected chi connectivity index (χ4v) is 2.77. The Hall–Kier alpha value is -2.59. The first-order valence-corrected chi connectivity index (χ1v) is 8.22. The van der Waals surface area contributed by atoms with Gasteiger partial charge in [0.2, 0.25) is 0 Å². The molecule has 24 heavy (non-hydrogen) atoms. The molecular formula is C19H18ClN3O. The van der Waals surface area contributed by atoms with Crippen LogP contribution in [0.25, 0.3) is 5.69 Å². The second kappa shape index (κ2) is 7.32. The summed E-state index contributed by atoms with van der Waals surface area (Å²) in [5, 5.41) is 7.58. The normalized spacial score (nSPS) is 10.6. The third-order valence-electron chi connectivity index (χ3n) is 3.89. The molecule has 0 spiro atoms. The summed E-state index contributed by atoms with van der Waals surface area (Å²) >= 11 is 6.25. The number of rotatable bonds is 5. The first-order valence-electron chi connectivity index (χ1n) is 7.84. The molecule has 0 radical (unpaired) electrons. The molecular weight excluding hydrogens is 322 g/mol. The van der Waals surface area contributed by atoms with E-state index in [0.29, 0.717) is 17.9 Å². The van der Waals surface area contributed by atoms with Crippen molar-refractivity contribution in [2.24, 2.45) is 0 Å². The fraction of sp³-hybridized carbons (Fsp3) is 0.158. The van der Waals surface area contributed by atoms with Gasteiger partial charge in [-0.2, -0.15) is 9.78 Å². The summed E-state index contributed by atoms with van der Waals surface area (Å²) in [5.41, 5.74) is 3.35. The Morgan fingerprint density at radius 2 is 1.71 bits per heavy atom. The third kappa shape index (κ3) is 3.34. The summed E-state index contributed by atoms with van der Waals surface area (Å²) < 4.78 is 1.30. The fourth-order valence-electron chi connectivity index (χ4n) is 2.57. The van der Waals surface area contributed by atoms with Crippen molar-refractivity contribution in [1.29, 1.82) is 0 Å². The van der Waals surface area contributed by atoms with Crippen LogP contribution in [0.15, 0.2) is 65.6 Å². The molecule has 2 aromatic carbocycles. The molecule has 4 nitrogen and oxygen atoms in total. The van der Waals surface area contributed by atoms with Crippen LogP contribution in [0.5, 0.6) is 0 Å². The Balaban J connectivity index is 1.85. The Morgan fingerprint density at radius 1 is 1.04 bits per heavy atom. The number of aryl methyl sites for hydroxylation is 1. The van der Waals surface area contributed by atoms with Gasteiger partial charge in [-0.3, -0.25) is 4.79 Å². The van der Waals surface area contributed by atoms with Crippen LogP contribution in [0.4, 0.5) is 5.69 Å². The van der Waals surface area contributed by atoms with Gasteiger partial charge in [-0.15, -0.1) is 0 Å². The van der Waals surface area contributed by atoms with Gasteiger partial charge >= 0.3 is 0 Å². The maximum Gasteiger partial charge on any atom is 0.292 e. The topological polar surface area (TPSA) is 46.9 Å². The molecule has 5 heteroatoms. The molecule has 0 unspecified atom stereocenters. The third-order valence-corrected chi connectivity index (χ3v) is 4.25. The molecule has 1 heterocycles. The van der Waals surface area contributed by atoms with E-state index in [-0.39, 0.29) is 10.6 Å². The van der Waals surface area contributed by atoms with Crippen molar-refractivity contribution >= 4 is 17.3 Å². The van der Waals surface area contributed by atoms with Gasteiger partial charge in [0.1, 0.15) is 5.02 Å². The first-order chi connectivity index (χ1) is 11.7. The molecule has 0 aliphatic rings. The van der Waals surface area contributed by atoms with Crippen LogP contribution >= 0.6 is 11.6 Å². The smallest absolute Gasteiger partial charge is 0.292 e. The minimum atomic E-state index is -0.336. The number of para-hydroxylation sites is 1. The molecule has 0 bridgehead atoms. The average molecular weight is 340 g/mol. The molecule has 0 aliphatic heterocycles. The zero-order valence-corrected chi connectivity index (χ0v) is 14.1. The van der Waals surface area contributed by atoms with E-state index in [0.717, 1.165) is 6.42 Å². The van der Waals surface area contributed by atoms with Crippen molar-refractivity contribution in [2.45, 2.75) is 19.9 Å². The lowest BCUT2D eigenvalue weighted by Crippen LogP contribution is -2.22. The summed E-state index contributed by atoms with van der Waals surface area (Å²) in [6.45, 7) is 2.72. The summed E-state index contributed by atoms with van der Waals surface area (Å²) in [6.07, 6.45) is 2.55. The van der Waals surface area contributed by atoms with E-state index in [1.807, 2.05) is 42.5 Å². The van der Waals surface area contributed by atoms with Crippen molar-refractivity contribution in [3.05, 3.63) is 87.3 Å². The maximum absolute atomic E-state index is 12.5. The van der Waals surface area contributed by atoms with Gasteiger partial charge in [-0.25, -0.2) is 0 Å². The van der Waals surface area contributed by atoms with E-state index < -0.39 is 0 Å². The second-order valence-electron chi connectivity index (χ2n) is 5.40. The van der Waals surface area contributed by atoms with E-state index in [9.17, 15) is 4.79 Å². The summed E-state index contributed by atoms with van der Waals surface area (Å²) in [6, 6.07) is 17.4. The largest absolute Gasteiger partial charge is 0.378 e. The predicted molar refractivity (Wildman–Crippen MR) is 98.0 cm³/mol. The highest BCUT2D eigenvalue weighted by atomic mass is 35.5. The van der Waals surface area contributed by atoms with Crippen molar-refractivity contribution in [3.63, 3.8) is 0 Å². The molecule has 1 N–H and O–H groups in total. The predicted octanol–water partition coefficient (Wildman–Crippen LogP) is 4.06. The van der Waals surface area contributed by atoms with Crippen LogP contribution in [-0.2, 0) is 13.0 Å². The number of halogens is 1. The standard InChI is InChI=1S/C19H18ClN3O/c1-2-14-8-6-7-9-15(14)12-21-17-13-22-23(19(24)18(17)20)16-10-4-3-5-11-16/h3-11,13,21H,2,12H2,1H3. The summed E-state index contributed by atoms with van der Waals surface area (Å²) in [7, 11) is 0. The highest BCUT2D eigenvalue weighted by Gasteiger charge is 2.10. The number of anilines is 1. The molecule has 0 aliphatic carbocycles. The molecule has 3 rings (SSSR count). The van der Waals surface area contributed by atoms with Gasteiger partial charge in [0.05, 0.1) is 17.6 Å². The van der Waals surface area contributed by atoms with E-state index in [2.05, 4.69) is 29.5 Å². The van der Waals surface area contributed by atoms with E-state index in [1.165, 1.54) is 15.8 Å². The molecule has 1 aromatic heterocycles. The van der Waals surface area contributed by atoms with Gasteiger partial charge in [0.15, 0.2) is 0 Å². The second-order valence-corrected chi connectivity index (χ2v) is 5.78. The van der Waals surface area contributed by atoms with Crippen LogP contribution in [0.3, 0.4) is 0 Å². The minimum Gasteiger partial charge on any atom is -0.378 e. The number of hydrogen-bond acceptors (Lipinski definition) is 3. The van der Waals surface area contributed by atoms with Crippen LogP contribution in [0.1, 0.15) is 18.1 Å². The zero-order chi connectivity index (χ0) is 16.9. The molecule has 0 amide bonds. The number of benzene rings is 2. The van der Waals surface area contributed by atoms with E-state index >= 15 is 0 Å². The minimum absolute atomic E-state index is 0.142.